The maximum Gasteiger partial charge on any atom is 0.243 e. The van der Waals surface area contributed by atoms with Crippen LogP contribution >= 0.6 is 0 Å². The quantitative estimate of drug-likeness (QED) is 0.666. The fraction of sp³-hybridized carbons (Fsp3) is 0.357. The van der Waals surface area contributed by atoms with Gasteiger partial charge in [0.2, 0.25) is 17.7 Å². The molecule has 1 aromatic carbocycles. The molecule has 20 heavy (non-hydrogen) atoms. The summed E-state index contributed by atoms with van der Waals surface area (Å²) in [7, 11) is 0. The van der Waals surface area contributed by atoms with Gasteiger partial charge in [-0.05, 0) is 12.5 Å². The first-order chi connectivity index (χ1) is 9.40. The molecule has 0 aliphatic heterocycles. The SMILES string of the molecule is CC(=O)N[C@@H](Cc1ccccc1)C(=O)N[C@@H](C)C(N)=O. The zero-order chi connectivity index (χ0) is 15.1. The highest BCUT2D eigenvalue weighted by molar-refractivity contribution is 5.91. The van der Waals surface area contributed by atoms with Gasteiger partial charge in [-0.1, -0.05) is 30.3 Å². The van der Waals surface area contributed by atoms with Crippen molar-refractivity contribution in [2.45, 2.75) is 32.4 Å². The minimum absolute atomic E-state index is 0.312. The summed E-state index contributed by atoms with van der Waals surface area (Å²) in [4.78, 5) is 34.2. The summed E-state index contributed by atoms with van der Waals surface area (Å²) in [5, 5.41) is 5.05. The van der Waals surface area contributed by atoms with E-state index in [0.29, 0.717) is 6.42 Å². The molecule has 0 fully saturated rings. The summed E-state index contributed by atoms with van der Waals surface area (Å²) in [6, 6.07) is 7.77. The second-order valence-electron chi connectivity index (χ2n) is 4.58. The van der Waals surface area contributed by atoms with E-state index in [-0.39, 0.29) is 5.91 Å². The molecule has 2 atom stereocenters. The second kappa shape index (κ2) is 7.28. The lowest BCUT2D eigenvalue weighted by Gasteiger charge is -2.19. The van der Waals surface area contributed by atoms with Crippen LogP contribution in [-0.4, -0.2) is 29.8 Å². The molecule has 0 bridgehead atoms. The Labute approximate surface area is 117 Å². The van der Waals surface area contributed by atoms with Gasteiger partial charge in [-0.2, -0.15) is 0 Å². The maximum atomic E-state index is 12.1. The van der Waals surface area contributed by atoms with Crippen LogP contribution < -0.4 is 16.4 Å². The Morgan fingerprint density at radius 3 is 2.25 bits per heavy atom. The molecule has 1 aromatic rings. The van der Waals surface area contributed by atoms with Crippen molar-refractivity contribution in [3.05, 3.63) is 35.9 Å². The largest absolute Gasteiger partial charge is 0.368 e. The Bertz CT molecular complexity index is 488. The molecule has 0 spiro atoms. The Morgan fingerprint density at radius 1 is 1.15 bits per heavy atom. The summed E-state index contributed by atoms with van der Waals surface area (Å²) >= 11 is 0. The molecule has 0 unspecified atom stereocenters. The third kappa shape index (κ3) is 5.09. The topological polar surface area (TPSA) is 101 Å². The summed E-state index contributed by atoms with van der Waals surface area (Å²) in [6.07, 6.45) is 0.345. The number of rotatable bonds is 6. The van der Waals surface area contributed by atoms with Crippen LogP contribution in [0.5, 0.6) is 0 Å². The number of amides is 3. The minimum Gasteiger partial charge on any atom is -0.368 e. The van der Waals surface area contributed by atoms with Crippen molar-refractivity contribution >= 4 is 17.7 Å². The average Bonchev–Trinajstić information content (AvgIpc) is 2.38. The van der Waals surface area contributed by atoms with E-state index in [4.69, 9.17) is 5.73 Å². The standard InChI is InChI=1S/C14H19N3O3/c1-9(13(15)19)16-14(20)12(17-10(2)18)8-11-6-4-3-5-7-11/h3-7,9,12H,8H2,1-2H3,(H2,15,19)(H,16,20)(H,17,18)/t9-,12-/m0/s1. The number of primary amides is 1. The number of hydrogen-bond donors (Lipinski definition) is 3. The molecule has 0 heterocycles. The van der Waals surface area contributed by atoms with Gasteiger partial charge in [0.1, 0.15) is 12.1 Å². The van der Waals surface area contributed by atoms with Crippen LogP contribution in [-0.2, 0) is 20.8 Å². The molecule has 0 aromatic heterocycles. The maximum absolute atomic E-state index is 12.1. The van der Waals surface area contributed by atoms with Gasteiger partial charge in [-0.15, -0.1) is 0 Å². The van der Waals surface area contributed by atoms with E-state index >= 15 is 0 Å². The molecule has 108 valence electrons. The van der Waals surface area contributed by atoms with Crippen LogP contribution in [0.2, 0.25) is 0 Å². The summed E-state index contributed by atoms with van der Waals surface area (Å²) in [6.45, 7) is 2.83. The zero-order valence-electron chi connectivity index (χ0n) is 11.6. The highest BCUT2D eigenvalue weighted by Gasteiger charge is 2.22. The summed E-state index contributed by atoms with van der Waals surface area (Å²) in [5.41, 5.74) is 6.01. The van der Waals surface area contributed by atoms with Crippen LogP contribution in [0.15, 0.2) is 30.3 Å². The minimum atomic E-state index is -0.783. The number of carbonyl (C=O) groups is 3. The van der Waals surface area contributed by atoms with Crippen LogP contribution in [0.4, 0.5) is 0 Å². The predicted molar refractivity (Wildman–Crippen MR) is 74.5 cm³/mol. The van der Waals surface area contributed by atoms with Crippen molar-refractivity contribution in [1.82, 2.24) is 10.6 Å². The first kappa shape index (κ1) is 15.7. The van der Waals surface area contributed by atoms with Crippen molar-refractivity contribution in [2.75, 3.05) is 0 Å². The third-order valence-electron chi connectivity index (χ3n) is 2.76. The lowest BCUT2D eigenvalue weighted by atomic mass is 10.0. The van der Waals surface area contributed by atoms with Crippen molar-refractivity contribution < 1.29 is 14.4 Å². The predicted octanol–water partition coefficient (Wildman–Crippen LogP) is -0.276. The molecular formula is C14H19N3O3. The van der Waals surface area contributed by atoms with Gasteiger partial charge in [0.05, 0.1) is 0 Å². The van der Waals surface area contributed by atoms with E-state index < -0.39 is 23.9 Å². The Kier molecular flexibility index (Phi) is 5.71. The number of benzene rings is 1. The fourth-order valence-corrected chi connectivity index (χ4v) is 1.69. The van der Waals surface area contributed by atoms with Gasteiger partial charge in [0.15, 0.2) is 0 Å². The van der Waals surface area contributed by atoms with E-state index in [0.717, 1.165) is 5.56 Å². The highest BCUT2D eigenvalue weighted by Crippen LogP contribution is 2.04. The number of carbonyl (C=O) groups excluding carboxylic acids is 3. The fourth-order valence-electron chi connectivity index (χ4n) is 1.69. The molecule has 4 N–H and O–H groups in total. The van der Waals surface area contributed by atoms with Crippen molar-refractivity contribution in [2.24, 2.45) is 5.73 Å². The molecule has 0 saturated carbocycles. The average molecular weight is 277 g/mol. The molecule has 0 aliphatic rings. The van der Waals surface area contributed by atoms with Crippen LogP contribution in [0.25, 0.3) is 0 Å². The van der Waals surface area contributed by atoms with Crippen molar-refractivity contribution in [3.8, 4) is 0 Å². The van der Waals surface area contributed by atoms with E-state index in [2.05, 4.69) is 10.6 Å². The van der Waals surface area contributed by atoms with Crippen LogP contribution in [0, 0.1) is 0 Å². The number of hydrogen-bond acceptors (Lipinski definition) is 3. The molecule has 3 amide bonds. The second-order valence-corrected chi connectivity index (χ2v) is 4.58. The summed E-state index contributed by atoms with van der Waals surface area (Å²) in [5.74, 6) is -1.37. The van der Waals surface area contributed by atoms with Gasteiger partial charge in [0, 0.05) is 13.3 Å². The van der Waals surface area contributed by atoms with E-state index in [1.54, 1.807) is 0 Å². The number of nitrogens with one attached hydrogen (secondary N) is 2. The van der Waals surface area contributed by atoms with Crippen molar-refractivity contribution in [3.63, 3.8) is 0 Å². The van der Waals surface area contributed by atoms with Gasteiger partial charge in [-0.3, -0.25) is 14.4 Å². The molecule has 1 rings (SSSR count). The first-order valence-corrected chi connectivity index (χ1v) is 6.31. The molecular weight excluding hydrogens is 258 g/mol. The van der Waals surface area contributed by atoms with E-state index in [1.165, 1.54) is 13.8 Å². The molecule has 6 heteroatoms. The molecule has 0 radical (unpaired) electrons. The lowest BCUT2D eigenvalue weighted by molar-refractivity contribution is -0.130. The number of nitrogens with two attached hydrogens (primary N) is 1. The highest BCUT2D eigenvalue weighted by atomic mass is 16.2. The lowest BCUT2D eigenvalue weighted by Crippen LogP contribution is -2.52. The monoisotopic (exact) mass is 277 g/mol. The summed E-state index contributed by atoms with van der Waals surface area (Å²) < 4.78 is 0. The van der Waals surface area contributed by atoms with E-state index in [1.807, 2.05) is 30.3 Å². The normalized spacial score (nSPS) is 13.1. The zero-order valence-corrected chi connectivity index (χ0v) is 11.6. The van der Waals surface area contributed by atoms with Gasteiger partial charge in [-0.25, -0.2) is 0 Å². The van der Waals surface area contributed by atoms with Crippen molar-refractivity contribution in [1.29, 1.82) is 0 Å². The Balaban J connectivity index is 2.75. The Morgan fingerprint density at radius 2 is 1.75 bits per heavy atom. The van der Waals surface area contributed by atoms with Gasteiger partial charge >= 0.3 is 0 Å². The third-order valence-corrected chi connectivity index (χ3v) is 2.76. The van der Waals surface area contributed by atoms with Gasteiger partial charge < -0.3 is 16.4 Å². The first-order valence-electron chi connectivity index (χ1n) is 6.31. The molecule has 0 saturated heterocycles. The molecule has 6 nitrogen and oxygen atoms in total. The van der Waals surface area contributed by atoms with Gasteiger partial charge in [0.25, 0.3) is 0 Å². The van der Waals surface area contributed by atoms with Crippen LogP contribution in [0.1, 0.15) is 19.4 Å². The smallest absolute Gasteiger partial charge is 0.243 e. The van der Waals surface area contributed by atoms with Crippen LogP contribution in [0.3, 0.4) is 0 Å². The van der Waals surface area contributed by atoms with E-state index in [9.17, 15) is 14.4 Å². The Hall–Kier alpha value is -2.37. The molecule has 0 aliphatic carbocycles.